The SMILES string of the molecule is COc1ccccc1C1=CS/C(=C(/C#N)c2ccnc(NCCc3cccnc3)n2)N1. The molecule has 0 saturated carbocycles. The maximum absolute atomic E-state index is 9.82. The Morgan fingerprint density at radius 3 is 2.90 bits per heavy atom. The molecule has 1 aliphatic rings. The molecule has 1 aliphatic heterocycles. The van der Waals surface area contributed by atoms with Gasteiger partial charge in [-0.05, 0) is 36.2 Å². The van der Waals surface area contributed by atoms with E-state index in [0.717, 1.165) is 34.0 Å². The van der Waals surface area contributed by atoms with E-state index >= 15 is 0 Å². The van der Waals surface area contributed by atoms with Crippen molar-refractivity contribution in [3.05, 3.63) is 88.3 Å². The van der Waals surface area contributed by atoms with Crippen LogP contribution in [0.2, 0.25) is 0 Å². The van der Waals surface area contributed by atoms with Gasteiger partial charge in [-0.3, -0.25) is 4.98 Å². The number of hydrogen-bond acceptors (Lipinski definition) is 8. The zero-order valence-electron chi connectivity index (χ0n) is 16.9. The summed E-state index contributed by atoms with van der Waals surface area (Å²) in [6.45, 7) is 0.667. The Kier molecular flexibility index (Phi) is 6.45. The summed E-state index contributed by atoms with van der Waals surface area (Å²) in [5.41, 5.74) is 3.97. The standard InChI is InChI=1S/C23H20N6OS/c1-30-21-7-3-2-6-17(21)20-15-31-22(28-20)18(13-24)19-9-12-27-23(29-19)26-11-8-16-5-4-10-25-14-16/h2-7,9-10,12,14-15,28H,8,11H2,1H3,(H,26,27,29)/b22-18-. The molecule has 31 heavy (non-hydrogen) atoms. The number of ether oxygens (including phenoxy) is 1. The minimum absolute atomic E-state index is 0.462. The maximum Gasteiger partial charge on any atom is 0.223 e. The van der Waals surface area contributed by atoms with Crippen LogP contribution in [0.25, 0.3) is 11.3 Å². The fourth-order valence-corrected chi connectivity index (χ4v) is 3.95. The first-order valence-corrected chi connectivity index (χ1v) is 10.5. The van der Waals surface area contributed by atoms with Crippen LogP contribution in [0.5, 0.6) is 5.75 Å². The Balaban J connectivity index is 1.49. The zero-order valence-corrected chi connectivity index (χ0v) is 17.7. The molecule has 7 nitrogen and oxygen atoms in total. The van der Waals surface area contributed by atoms with E-state index in [0.29, 0.717) is 23.8 Å². The Morgan fingerprint density at radius 2 is 2.10 bits per heavy atom. The average Bonchev–Trinajstić information content (AvgIpc) is 3.30. The highest BCUT2D eigenvalue weighted by Gasteiger charge is 2.20. The van der Waals surface area contributed by atoms with Gasteiger partial charge in [0.2, 0.25) is 5.95 Å². The van der Waals surface area contributed by atoms with Crippen molar-refractivity contribution in [1.82, 2.24) is 20.3 Å². The smallest absolute Gasteiger partial charge is 0.223 e. The lowest BCUT2D eigenvalue weighted by Gasteiger charge is -2.11. The van der Waals surface area contributed by atoms with Crippen LogP contribution in [0, 0.1) is 11.3 Å². The molecular weight excluding hydrogens is 408 g/mol. The van der Waals surface area contributed by atoms with E-state index in [1.165, 1.54) is 11.8 Å². The predicted octanol–water partition coefficient (Wildman–Crippen LogP) is 4.06. The van der Waals surface area contributed by atoms with Crippen LogP contribution in [0.1, 0.15) is 16.8 Å². The van der Waals surface area contributed by atoms with Gasteiger partial charge in [0.1, 0.15) is 17.4 Å². The van der Waals surface area contributed by atoms with Crippen LogP contribution in [0.4, 0.5) is 5.95 Å². The minimum atomic E-state index is 0.462. The van der Waals surface area contributed by atoms with Gasteiger partial charge in [-0.2, -0.15) is 5.26 Å². The molecule has 0 radical (unpaired) electrons. The first-order chi connectivity index (χ1) is 15.3. The maximum atomic E-state index is 9.82. The number of nitrogens with one attached hydrogen (secondary N) is 2. The first-order valence-electron chi connectivity index (χ1n) is 9.66. The van der Waals surface area contributed by atoms with E-state index in [-0.39, 0.29) is 0 Å². The summed E-state index contributed by atoms with van der Waals surface area (Å²) < 4.78 is 5.45. The molecule has 4 rings (SSSR count). The molecule has 154 valence electrons. The summed E-state index contributed by atoms with van der Waals surface area (Å²) >= 11 is 1.45. The van der Waals surface area contributed by atoms with Crippen molar-refractivity contribution in [1.29, 1.82) is 5.26 Å². The molecule has 3 heterocycles. The molecule has 1 aromatic carbocycles. The van der Waals surface area contributed by atoms with E-state index in [1.54, 1.807) is 25.6 Å². The Bertz CT molecular complexity index is 1170. The molecule has 0 bridgehead atoms. The molecule has 8 heteroatoms. The van der Waals surface area contributed by atoms with Crippen molar-refractivity contribution < 1.29 is 4.74 Å². The number of hydrogen-bond donors (Lipinski definition) is 2. The highest BCUT2D eigenvalue weighted by molar-refractivity contribution is 8.06. The van der Waals surface area contributed by atoms with Crippen LogP contribution in [0.3, 0.4) is 0 Å². The van der Waals surface area contributed by atoms with Gasteiger partial charge in [-0.1, -0.05) is 30.0 Å². The molecule has 0 amide bonds. The second-order valence-corrected chi connectivity index (χ2v) is 7.47. The van der Waals surface area contributed by atoms with Crippen molar-refractivity contribution in [2.75, 3.05) is 19.0 Å². The topological polar surface area (TPSA) is 95.8 Å². The molecule has 0 spiro atoms. The Hall–Kier alpha value is -3.83. The van der Waals surface area contributed by atoms with Gasteiger partial charge in [-0.15, -0.1) is 0 Å². The first kappa shape index (κ1) is 20.4. The number of benzene rings is 1. The van der Waals surface area contributed by atoms with Gasteiger partial charge in [-0.25, -0.2) is 9.97 Å². The van der Waals surface area contributed by atoms with E-state index in [9.17, 15) is 5.26 Å². The van der Waals surface area contributed by atoms with Crippen LogP contribution in [-0.4, -0.2) is 28.6 Å². The highest BCUT2D eigenvalue weighted by atomic mass is 32.2. The van der Waals surface area contributed by atoms with Gasteiger partial charge in [0.25, 0.3) is 0 Å². The molecule has 2 aromatic heterocycles. The number of nitriles is 1. The quantitative estimate of drug-likeness (QED) is 0.544. The van der Waals surface area contributed by atoms with Crippen LogP contribution in [0.15, 0.2) is 71.5 Å². The Morgan fingerprint density at radius 1 is 1.19 bits per heavy atom. The second kappa shape index (κ2) is 9.78. The summed E-state index contributed by atoms with van der Waals surface area (Å²) in [6, 6.07) is 15.7. The average molecular weight is 429 g/mol. The van der Waals surface area contributed by atoms with Crippen LogP contribution < -0.4 is 15.4 Å². The lowest BCUT2D eigenvalue weighted by atomic mass is 10.1. The summed E-state index contributed by atoms with van der Waals surface area (Å²) in [5.74, 6) is 1.25. The molecule has 0 atom stereocenters. The summed E-state index contributed by atoms with van der Waals surface area (Å²) in [7, 11) is 1.64. The lowest BCUT2D eigenvalue weighted by molar-refractivity contribution is 0.413. The van der Waals surface area contributed by atoms with Crippen LogP contribution >= 0.6 is 11.8 Å². The van der Waals surface area contributed by atoms with Crippen molar-refractivity contribution >= 4 is 29.0 Å². The normalized spacial score (nSPS) is 14.3. The number of anilines is 1. The van der Waals surface area contributed by atoms with Crippen molar-refractivity contribution in [2.45, 2.75) is 6.42 Å². The monoisotopic (exact) mass is 428 g/mol. The van der Waals surface area contributed by atoms with Gasteiger partial charge in [0.15, 0.2) is 0 Å². The Labute approximate surface area is 184 Å². The van der Waals surface area contributed by atoms with E-state index in [2.05, 4.69) is 31.7 Å². The zero-order chi connectivity index (χ0) is 21.5. The molecule has 0 saturated heterocycles. The van der Waals surface area contributed by atoms with Gasteiger partial charge >= 0.3 is 0 Å². The van der Waals surface area contributed by atoms with Gasteiger partial charge in [0.05, 0.1) is 23.5 Å². The fourth-order valence-electron chi connectivity index (χ4n) is 3.09. The third-order valence-corrected chi connectivity index (χ3v) is 5.51. The molecule has 2 N–H and O–H groups in total. The fraction of sp³-hybridized carbons (Fsp3) is 0.130. The van der Waals surface area contributed by atoms with Gasteiger partial charge < -0.3 is 15.4 Å². The van der Waals surface area contributed by atoms with E-state index < -0.39 is 0 Å². The third-order valence-electron chi connectivity index (χ3n) is 4.61. The number of allylic oxidation sites excluding steroid dienone is 1. The van der Waals surface area contributed by atoms with Crippen molar-refractivity contribution in [3.63, 3.8) is 0 Å². The number of thioether (sulfide) groups is 1. The van der Waals surface area contributed by atoms with E-state index in [4.69, 9.17) is 4.74 Å². The largest absolute Gasteiger partial charge is 0.496 e. The number of pyridine rings is 1. The lowest BCUT2D eigenvalue weighted by Crippen LogP contribution is -2.10. The summed E-state index contributed by atoms with van der Waals surface area (Å²) in [6.07, 6.45) is 6.05. The van der Waals surface area contributed by atoms with E-state index in [1.807, 2.05) is 48.0 Å². The summed E-state index contributed by atoms with van der Waals surface area (Å²) in [4.78, 5) is 12.9. The second-order valence-electron chi connectivity index (χ2n) is 6.59. The predicted molar refractivity (Wildman–Crippen MR) is 123 cm³/mol. The highest BCUT2D eigenvalue weighted by Crippen LogP contribution is 2.37. The summed E-state index contributed by atoms with van der Waals surface area (Å²) in [5, 5.41) is 19.1. The van der Waals surface area contributed by atoms with Crippen LogP contribution in [-0.2, 0) is 6.42 Å². The number of para-hydroxylation sites is 1. The minimum Gasteiger partial charge on any atom is -0.496 e. The number of aromatic nitrogens is 3. The molecule has 0 aliphatic carbocycles. The van der Waals surface area contributed by atoms with Gasteiger partial charge in [0, 0.05) is 36.1 Å². The number of nitrogens with zero attached hydrogens (tertiary/aromatic N) is 4. The van der Waals surface area contributed by atoms with Crippen molar-refractivity contribution in [3.8, 4) is 11.8 Å². The van der Waals surface area contributed by atoms with Crippen molar-refractivity contribution in [2.24, 2.45) is 0 Å². The number of methoxy groups -OCH3 is 1. The molecular formula is C23H20N6OS. The third kappa shape index (κ3) is 4.85. The molecule has 3 aromatic rings. The molecule has 0 unspecified atom stereocenters. The molecule has 0 fully saturated rings. The number of rotatable bonds is 7.